The molecule has 24 heavy (non-hydrogen) atoms. The van der Waals surface area contributed by atoms with Crippen molar-refractivity contribution in [2.45, 2.75) is 23.9 Å². The van der Waals surface area contributed by atoms with E-state index in [1.807, 2.05) is 0 Å². The summed E-state index contributed by atoms with van der Waals surface area (Å²) >= 11 is 2.47. The minimum absolute atomic E-state index is 0.284. The predicted molar refractivity (Wildman–Crippen MR) is 104 cm³/mol. The second-order valence-corrected chi connectivity index (χ2v) is 7.01. The van der Waals surface area contributed by atoms with Gasteiger partial charge in [0.15, 0.2) is 4.17 Å². The lowest BCUT2D eigenvalue weighted by Crippen LogP contribution is -2.35. The van der Waals surface area contributed by atoms with E-state index in [9.17, 15) is 0 Å². The van der Waals surface area contributed by atoms with Crippen molar-refractivity contribution in [2.75, 3.05) is 26.4 Å². The average molecular weight is 441 g/mol. The first-order valence-electron chi connectivity index (χ1n) is 8.39. The lowest BCUT2D eigenvalue weighted by Gasteiger charge is -2.25. The Morgan fingerprint density at radius 3 is 2.83 bits per heavy atom. The van der Waals surface area contributed by atoms with E-state index in [1.54, 1.807) is 6.26 Å². The molecule has 2 N–H and O–H groups in total. The average Bonchev–Trinajstić information content (AvgIpc) is 3.22. The smallest absolute Gasteiger partial charge is 0.229 e. The van der Waals surface area contributed by atoms with Gasteiger partial charge in [-0.15, -0.1) is 0 Å². The van der Waals surface area contributed by atoms with Crippen molar-refractivity contribution in [1.82, 2.24) is 15.5 Å². The van der Waals surface area contributed by atoms with Crippen molar-refractivity contribution in [3.63, 3.8) is 0 Å². The van der Waals surface area contributed by atoms with Gasteiger partial charge in [-0.3, -0.25) is 0 Å². The largest absolute Gasteiger partial charge is 0.462 e. The molecule has 3 rings (SSSR count). The van der Waals surface area contributed by atoms with Crippen molar-refractivity contribution < 1.29 is 9.47 Å². The molecule has 1 aromatic rings. The van der Waals surface area contributed by atoms with Crippen molar-refractivity contribution in [2.24, 2.45) is 0 Å². The maximum absolute atomic E-state index is 5.37. The number of halogens is 1. The number of rotatable bonds is 8. The molecule has 0 bridgehead atoms. The summed E-state index contributed by atoms with van der Waals surface area (Å²) in [6, 6.07) is 10.5. The van der Waals surface area contributed by atoms with Crippen LogP contribution in [0.15, 0.2) is 48.1 Å². The third-order valence-electron chi connectivity index (χ3n) is 4.11. The molecule has 1 unspecified atom stereocenters. The predicted octanol–water partition coefficient (Wildman–Crippen LogP) is 3.21. The van der Waals surface area contributed by atoms with Crippen LogP contribution in [0.4, 0.5) is 0 Å². The summed E-state index contributed by atoms with van der Waals surface area (Å²) < 4.78 is 10.8. The maximum Gasteiger partial charge on any atom is 0.229 e. The molecule has 6 heteroatoms. The van der Waals surface area contributed by atoms with Crippen molar-refractivity contribution in [1.29, 1.82) is 0 Å². The highest BCUT2D eigenvalue weighted by Gasteiger charge is 2.29. The molecule has 130 valence electrons. The van der Waals surface area contributed by atoms with E-state index in [4.69, 9.17) is 9.47 Å². The van der Waals surface area contributed by atoms with E-state index in [0.717, 1.165) is 18.8 Å². The Bertz CT molecular complexity index is 604. The van der Waals surface area contributed by atoms with E-state index in [-0.39, 0.29) is 4.17 Å². The van der Waals surface area contributed by atoms with Gasteiger partial charge in [0, 0.05) is 13.1 Å². The summed E-state index contributed by atoms with van der Waals surface area (Å²) in [5.41, 5.74) is 3.76. The van der Waals surface area contributed by atoms with Crippen LogP contribution in [0.2, 0.25) is 0 Å². The molecular formula is C18H24IN3O2. The van der Waals surface area contributed by atoms with Crippen molar-refractivity contribution >= 4 is 28.3 Å². The fourth-order valence-corrected chi connectivity index (χ4v) is 3.78. The highest BCUT2D eigenvalue weighted by molar-refractivity contribution is 14.1. The third-order valence-corrected chi connectivity index (χ3v) is 5.09. The molecule has 1 atom stereocenters. The maximum atomic E-state index is 5.37. The van der Waals surface area contributed by atoms with Gasteiger partial charge in [-0.25, -0.2) is 0 Å². The molecule has 0 radical (unpaired) electrons. The number of unbranched alkanes of at least 4 members (excludes halogenated alkanes) is 1. The first kappa shape index (κ1) is 17.4. The van der Waals surface area contributed by atoms with Gasteiger partial charge in [-0.05, 0) is 34.6 Å². The molecule has 2 aliphatic rings. The molecule has 0 saturated heterocycles. The summed E-state index contributed by atoms with van der Waals surface area (Å²) in [4.78, 5) is 2.46. The van der Waals surface area contributed by atoms with E-state index in [2.05, 4.69) is 75.4 Å². The fraction of sp³-hybridized carbons (Fsp3) is 0.444. The molecule has 5 nitrogen and oxygen atoms in total. The summed E-state index contributed by atoms with van der Waals surface area (Å²) in [5.74, 6) is 0.856. The quantitative estimate of drug-likeness (QED) is 0.369. The highest BCUT2D eigenvalue weighted by Crippen LogP contribution is 2.30. The minimum Gasteiger partial charge on any atom is -0.462 e. The Morgan fingerprint density at radius 1 is 1.29 bits per heavy atom. The van der Waals surface area contributed by atoms with E-state index < -0.39 is 0 Å². The monoisotopic (exact) mass is 441 g/mol. The number of hydrogen-bond donors (Lipinski definition) is 2. The van der Waals surface area contributed by atoms with Gasteiger partial charge >= 0.3 is 0 Å². The SMILES string of the molecule is CCCCN1C(CNCC2=COCO2)=C(c2ccccc2)NC1I. The van der Waals surface area contributed by atoms with Crippen LogP contribution in [0.3, 0.4) is 0 Å². The number of hydrogen-bond acceptors (Lipinski definition) is 5. The summed E-state index contributed by atoms with van der Waals surface area (Å²) in [6.45, 7) is 5.09. The zero-order chi connectivity index (χ0) is 16.8. The fourth-order valence-electron chi connectivity index (χ4n) is 2.85. The summed E-state index contributed by atoms with van der Waals surface area (Å²) in [6.07, 6.45) is 4.07. The van der Waals surface area contributed by atoms with Crippen LogP contribution in [0, 0.1) is 0 Å². The third kappa shape index (κ3) is 4.16. The first-order valence-corrected chi connectivity index (χ1v) is 9.64. The lowest BCUT2D eigenvalue weighted by molar-refractivity contribution is 0.0790. The van der Waals surface area contributed by atoms with Gasteiger partial charge in [-0.2, -0.15) is 0 Å². The van der Waals surface area contributed by atoms with Gasteiger partial charge in [-0.1, -0.05) is 43.7 Å². The molecule has 0 amide bonds. The van der Waals surface area contributed by atoms with E-state index in [0.29, 0.717) is 13.3 Å². The van der Waals surface area contributed by atoms with Gasteiger partial charge in [0.05, 0.1) is 17.9 Å². The van der Waals surface area contributed by atoms with Gasteiger partial charge in [0.2, 0.25) is 6.79 Å². The van der Waals surface area contributed by atoms with Crippen LogP contribution in [0.25, 0.3) is 5.70 Å². The van der Waals surface area contributed by atoms with Crippen LogP contribution in [0.5, 0.6) is 0 Å². The van der Waals surface area contributed by atoms with Crippen LogP contribution >= 0.6 is 22.6 Å². The Morgan fingerprint density at radius 2 is 2.12 bits per heavy atom. The zero-order valence-corrected chi connectivity index (χ0v) is 16.1. The Kier molecular flexibility index (Phi) is 6.25. The Labute approximate surface area is 157 Å². The molecule has 0 aromatic heterocycles. The van der Waals surface area contributed by atoms with Crippen LogP contribution in [-0.2, 0) is 9.47 Å². The normalized spacial score (nSPS) is 19.8. The van der Waals surface area contributed by atoms with Crippen LogP contribution in [0.1, 0.15) is 25.3 Å². The van der Waals surface area contributed by atoms with Crippen LogP contribution < -0.4 is 10.6 Å². The molecule has 2 heterocycles. The number of nitrogens with zero attached hydrogens (tertiary/aromatic N) is 1. The van der Waals surface area contributed by atoms with Gasteiger partial charge < -0.3 is 25.0 Å². The van der Waals surface area contributed by atoms with Crippen molar-refractivity contribution in [3.05, 3.63) is 53.6 Å². The number of ether oxygens (including phenoxy) is 2. The molecule has 0 saturated carbocycles. The lowest BCUT2D eigenvalue weighted by atomic mass is 10.1. The molecule has 1 aromatic carbocycles. The number of alkyl halides is 1. The highest BCUT2D eigenvalue weighted by atomic mass is 127. The number of nitrogens with one attached hydrogen (secondary N) is 2. The molecule has 0 spiro atoms. The van der Waals surface area contributed by atoms with Gasteiger partial charge in [0.1, 0.15) is 12.0 Å². The number of benzene rings is 1. The van der Waals surface area contributed by atoms with Crippen molar-refractivity contribution in [3.8, 4) is 0 Å². The van der Waals surface area contributed by atoms with Crippen LogP contribution in [-0.4, -0.2) is 35.5 Å². The minimum atomic E-state index is 0.284. The zero-order valence-electron chi connectivity index (χ0n) is 13.9. The first-order chi connectivity index (χ1) is 11.8. The topological polar surface area (TPSA) is 45.8 Å². The molecule has 0 aliphatic carbocycles. The summed E-state index contributed by atoms with van der Waals surface area (Å²) in [7, 11) is 0. The van der Waals surface area contributed by atoms with E-state index >= 15 is 0 Å². The second-order valence-electron chi connectivity index (χ2n) is 5.83. The van der Waals surface area contributed by atoms with Gasteiger partial charge in [0.25, 0.3) is 0 Å². The summed E-state index contributed by atoms with van der Waals surface area (Å²) in [5, 5.41) is 7.12. The Hall–Kier alpha value is -1.41. The van der Waals surface area contributed by atoms with E-state index in [1.165, 1.54) is 29.8 Å². The second kappa shape index (κ2) is 8.62. The molecular weight excluding hydrogens is 417 g/mol. The molecule has 0 fully saturated rings. The molecule has 2 aliphatic heterocycles. The standard InChI is InChI=1S/C18H24IN3O2/c1-2-3-9-22-16(11-20-10-15-12-23-13-24-15)17(21-18(22)19)14-7-5-4-6-8-14/h4-8,12,18,20-21H,2-3,9-11,13H2,1H3. The Balaban J connectivity index is 1.75.